The number of allylic oxidation sites excluding steroid dienone is 2. The maximum absolute atomic E-state index is 2.51. The van der Waals surface area contributed by atoms with Crippen molar-refractivity contribution < 1.29 is 0 Å². The average molecular weight is 270 g/mol. The standard InChI is InChI=1S/C20H30/c1-2-4-6-8-11-15-19(16-12-9-7-5-3-1)20-17-13-10-14-18-20/h10,13-15,17-18H,1-9,11-12,16H2/b19-15+. The van der Waals surface area contributed by atoms with Gasteiger partial charge in [-0.05, 0) is 36.8 Å². The first-order valence-electron chi connectivity index (χ1n) is 8.71. The lowest BCUT2D eigenvalue weighted by Crippen LogP contribution is -1.89. The smallest absolute Gasteiger partial charge is 0.0228 e. The highest BCUT2D eigenvalue weighted by molar-refractivity contribution is 5.65. The third kappa shape index (κ3) is 5.94. The highest BCUT2D eigenvalue weighted by atomic mass is 14.1. The summed E-state index contributed by atoms with van der Waals surface area (Å²) in [4.78, 5) is 0. The predicted molar refractivity (Wildman–Crippen MR) is 89.8 cm³/mol. The van der Waals surface area contributed by atoms with Gasteiger partial charge >= 0.3 is 0 Å². The van der Waals surface area contributed by atoms with E-state index in [2.05, 4.69) is 36.4 Å². The van der Waals surface area contributed by atoms with Gasteiger partial charge < -0.3 is 0 Å². The lowest BCUT2D eigenvalue weighted by Gasteiger charge is -2.10. The Morgan fingerprint density at radius 3 is 1.75 bits per heavy atom. The largest absolute Gasteiger partial charge is 0.0807 e. The van der Waals surface area contributed by atoms with Gasteiger partial charge in [-0.15, -0.1) is 0 Å². The first kappa shape index (κ1) is 15.4. The molecule has 1 aliphatic rings. The zero-order valence-corrected chi connectivity index (χ0v) is 12.9. The average Bonchev–Trinajstić information content (AvgIpc) is 2.50. The van der Waals surface area contributed by atoms with E-state index in [4.69, 9.17) is 0 Å². The highest BCUT2D eigenvalue weighted by Gasteiger charge is 2.02. The molecule has 0 saturated carbocycles. The van der Waals surface area contributed by atoms with Crippen molar-refractivity contribution in [2.24, 2.45) is 0 Å². The molecule has 0 nitrogen and oxygen atoms in total. The third-order valence-electron chi connectivity index (χ3n) is 4.44. The molecule has 2 rings (SSSR count). The van der Waals surface area contributed by atoms with Crippen LogP contribution >= 0.6 is 0 Å². The zero-order chi connectivity index (χ0) is 13.9. The molecule has 0 bridgehead atoms. The van der Waals surface area contributed by atoms with Crippen molar-refractivity contribution in [3.8, 4) is 0 Å². The molecule has 0 heteroatoms. The fourth-order valence-corrected chi connectivity index (χ4v) is 3.17. The van der Waals surface area contributed by atoms with Gasteiger partial charge in [0.15, 0.2) is 0 Å². The Kier molecular flexibility index (Phi) is 7.52. The van der Waals surface area contributed by atoms with Gasteiger partial charge in [0.2, 0.25) is 0 Å². The van der Waals surface area contributed by atoms with E-state index in [-0.39, 0.29) is 0 Å². The first-order valence-corrected chi connectivity index (χ1v) is 8.71. The Morgan fingerprint density at radius 1 is 0.550 bits per heavy atom. The van der Waals surface area contributed by atoms with Crippen molar-refractivity contribution in [3.63, 3.8) is 0 Å². The van der Waals surface area contributed by atoms with Gasteiger partial charge in [0.05, 0.1) is 0 Å². The molecule has 0 spiro atoms. The molecule has 0 fully saturated rings. The van der Waals surface area contributed by atoms with Crippen LogP contribution in [0.25, 0.3) is 5.57 Å². The molecule has 20 heavy (non-hydrogen) atoms. The van der Waals surface area contributed by atoms with Crippen LogP contribution in [0.1, 0.15) is 82.6 Å². The van der Waals surface area contributed by atoms with Crippen molar-refractivity contribution in [3.05, 3.63) is 42.0 Å². The maximum atomic E-state index is 2.51. The van der Waals surface area contributed by atoms with Gasteiger partial charge in [0.1, 0.15) is 0 Å². The number of benzene rings is 1. The molecular formula is C20H30. The second-order valence-electron chi connectivity index (χ2n) is 6.17. The van der Waals surface area contributed by atoms with Crippen LogP contribution in [0.15, 0.2) is 36.4 Å². The molecule has 110 valence electrons. The SMILES string of the molecule is C1=C(/c2ccccc2)CCCCCCCCCCCC/1. The van der Waals surface area contributed by atoms with E-state index in [1.807, 2.05) is 0 Å². The summed E-state index contributed by atoms with van der Waals surface area (Å²) in [5.74, 6) is 0. The summed E-state index contributed by atoms with van der Waals surface area (Å²) in [7, 11) is 0. The summed E-state index contributed by atoms with van der Waals surface area (Å²) in [5, 5.41) is 0. The van der Waals surface area contributed by atoms with Crippen LogP contribution in [0, 0.1) is 0 Å². The quantitative estimate of drug-likeness (QED) is 0.528. The van der Waals surface area contributed by atoms with Gasteiger partial charge in [-0.3, -0.25) is 0 Å². The minimum absolute atomic E-state index is 1.27. The Balaban J connectivity index is 1.93. The monoisotopic (exact) mass is 270 g/mol. The minimum Gasteiger partial charge on any atom is -0.0807 e. The molecule has 0 N–H and O–H groups in total. The topological polar surface area (TPSA) is 0 Å². The van der Waals surface area contributed by atoms with Crippen LogP contribution in [-0.2, 0) is 0 Å². The van der Waals surface area contributed by atoms with E-state index in [0.29, 0.717) is 0 Å². The van der Waals surface area contributed by atoms with E-state index >= 15 is 0 Å². The Morgan fingerprint density at radius 2 is 1.10 bits per heavy atom. The number of hydrogen-bond donors (Lipinski definition) is 0. The zero-order valence-electron chi connectivity index (χ0n) is 12.9. The van der Waals surface area contributed by atoms with Crippen LogP contribution in [0.2, 0.25) is 0 Å². The normalized spacial score (nSPS) is 22.5. The second-order valence-corrected chi connectivity index (χ2v) is 6.17. The van der Waals surface area contributed by atoms with Crippen molar-refractivity contribution >= 4 is 5.57 Å². The summed E-state index contributed by atoms with van der Waals surface area (Å²) in [6.45, 7) is 0. The van der Waals surface area contributed by atoms with Crippen LogP contribution < -0.4 is 0 Å². The summed E-state index contributed by atoms with van der Waals surface area (Å²) >= 11 is 0. The van der Waals surface area contributed by atoms with Crippen LogP contribution in [-0.4, -0.2) is 0 Å². The minimum atomic E-state index is 1.27. The van der Waals surface area contributed by atoms with Crippen LogP contribution in [0.3, 0.4) is 0 Å². The van der Waals surface area contributed by atoms with Gasteiger partial charge in [0.25, 0.3) is 0 Å². The van der Waals surface area contributed by atoms with Crippen molar-refractivity contribution in [1.29, 1.82) is 0 Å². The lowest BCUT2D eigenvalue weighted by molar-refractivity contribution is 0.552. The van der Waals surface area contributed by atoms with Crippen molar-refractivity contribution in [1.82, 2.24) is 0 Å². The molecular weight excluding hydrogens is 240 g/mol. The molecule has 0 aromatic heterocycles. The molecule has 0 radical (unpaired) electrons. The molecule has 1 aromatic rings. The highest BCUT2D eigenvalue weighted by Crippen LogP contribution is 2.23. The second kappa shape index (κ2) is 9.80. The lowest BCUT2D eigenvalue weighted by atomic mass is 9.96. The van der Waals surface area contributed by atoms with Gasteiger partial charge in [-0.1, -0.05) is 87.8 Å². The Labute approximate surface area is 125 Å². The van der Waals surface area contributed by atoms with Crippen molar-refractivity contribution in [2.45, 2.75) is 77.0 Å². The first-order chi connectivity index (χ1) is 9.97. The maximum Gasteiger partial charge on any atom is -0.0228 e. The van der Waals surface area contributed by atoms with E-state index in [1.54, 1.807) is 5.57 Å². The molecule has 0 heterocycles. The molecule has 1 aliphatic carbocycles. The molecule has 0 saturated heterocycles. The van der Waals surface area contributed by atoms with E-state index in [1.165, 1.54) is 82.6 Å². The van der Waals surface area contributed by atoms with Crippen LogP contribution in [0.4, 0.5) is 0 Å². The summed E-state index contributed by atoms with van der Waals surface area (Å²) in [6.07, 6.45) is 19.3. The number of rotatable bonds is 1. The molecule has 0 amide bonds. The molecule has 0 aliphatic heterocycles. The van der Waals surface area contributed by atoms with E-state index in [0.717, 1.165) is 0 Å². The summed E-state index contributed by atoms with van der Waals surface area (Å²) < 4.78 is 0. The van der Waals surface area contributed by atoms with Gasteiger partial charge in [-0.25, -0.2) is 0 Å². The molecule has 1 aromatic carbocycles. The van der Waals surface area contributed by atoms with Crippen LogP contribution in [0.5, 0.6) is 0 Å². The van der Waals surface area contributed by atoms with E-state index < -0.39 is 0 Å². The van der Waals surface area contributed by atoms with E-state index in [9.17, 15) is 0 Å². The van der Waals surface area contributed by atoms with Gasteiger partial charge in [0, 0.05) is 0 Å². The molecule has 0 atom stereocenters. The third-order valence-corrected chi connectivity index (χ3v) is 4.44. The predicted octanol–water partition coefficient (Wildman–Crippen LogP) is 6.76. The van der Waals surface area contributed by atoms with Gasteiger partial charge in [-0.2, -0.15) is 0 Å². The fraction of sp³-hybridized carbons (Fsp3) is 0.600. The number of hydrogen-bond acceptors (Lipinski definition) is 0. The summed E-state index contributed by atoms with van der Waals surface area (Å²) in [5.41, 5.74) is 3.03. The summed E-state index contributed by atoms with van der Waals surface area (Å²) in [6, 6.07) is 11.0. The Hall–Kier alpha value is -1.04. The fourth-order valence-electron chi connectivity index (χ4n) is 3.17. The van der Waals surface area contributed by atoms with Crippen molar-refractivity contribution in [2.75, 3.05) is 0 Å². The Bertz CT molecular complexity index is 374. The molecule has 0 unspecified atom stereocenters.